The van der Waals surface area contributed by atoms with Crippen molar-refractivity contribution in [2.75, 3.05) is 37.4 Å². The van der Waals surface area contributed by atoms with Gasteiger partial charge in [-0.2, -0.15) is 4.98 Å². The summed E-state index contributed by atoms with van der Waals surface area (Å²) in [7, 11) is 1.59. The predicted molar refractivity (Wildman–Crippen MR) is 135 cm³/mol. The minimum absolute atomic E-state index is 0.215. The molecule has 0 bridgehead atoms. The molecule has 0 unspecified atom stereocenters. The standard InChI is InChI=1S/C26H27FN6O3/c1-3-36-25(34)16-8-7-13-32(15-16)26-29-22(19-11-4-5-12-20(19)35-2)21-23(28)33(31-24(21)30-26)18-10-6-9-17(27)14-18/h4-6,9-12,14,16H,3,7-8,13,15,28H2,1-2H3/t16-/m1/s1. The lowest BCUT2D eigenvalue weighted by atomic mass is 9.98. The number of methoxy groups -OCH3 is 1. The summed E-state index contributed by atoms with van der Waals surface area (Å²) in [6, 6.07) is 13.5. The molecule has 1 aliphatic heterocycles. The van der Waals surface area contributed by atoms with E-state index in [-0.39, 0.29) is 17.7 Å². The Labute approximate surface area is 207 Å². The molecule has 0 aliphatic carbocycles. The highest BCUT2D eigenvalue weighted by atomic mass is 19.1. The van der Waals surface area contributed by atoms with Crippen LogP contribution in [0.2, 0.25) is 0 Å². The number of anilines is 2. The van der Waals surface area contributed by atoms with Gasteiger partial charge in [-0.1, -0.05) is 18.2 Å². The Balaban J connectivity index is 1.68. The quantitative estimate of drug-likeness (QED) is 0.404. The zero-order valence-electron chi connectivity index (χ0n) is 20.1. The van der Waals surface area contributed by atoms with E-state index < -0.39 is 5.82 Å². The smallest absolute Gasteiger partial charge is 0.310 e. The molecule has 1 atom stereocenters. The van der Waals surface area contributed by atoms with Crippen LogP contribution >= 0.6 is 0 Å². The second-order valence-electron chi connectivity index (χ2n) is 8.59. The van der Waals surface area contributed by atoms with Gasteiger partial charge in [-0.05, 0) is 50.1 Å². The molecular formula is C26H27FN6O3. The molecule has 3 heterocycles. The lowest BCUT2D eigenvalue weighted by Crippen LogP contribution is -2.40. The van der Waals surface area contributed by atoms with Gasteiger partial charge >= 0.3 is 5.97 Å². The number of halogens is 1. The summed E-state index contributed by atoms with van der Waals surface area (Å²) in [5.41, 5.74) is 8.66. The SMILES string of the molecule is CCOC(=O)[C@@H]1CCCN(c2nc(-c3ccccc3OC)c3c(N)n(-c4cccc(F)c4)nc3n2)C1. The number of hydrogen-bond acceptors (Lipinski definition) is 8. The summed E-state index contributed by atoms with van der Waals surface area (Å²) in [6.07, 6.45) is 1.55. The van der Waals surface area contributed by atoms with E-state index in [1.807, 2.05) is 29.2 Å². The second kappa shape index (κ2) is 9.80. The molecule has 0 spiro atoms. The first-order chi connectivity index (χ1) is 17.5. The van der Waals surface area contributed by atoms with Crippen LogP contribution in [0.1, 0.15) is 19.8 Å². The van der Waals surface area contributed by atoms with Crippen molar-refractivity contribution in [2.24, 2.45) is 5.92 Å². The number of piperidine rings is 1. The summed E-state index contributed by atoms with van der Waals surface area (Å²) in [5.74, 6) is 0.453. The first kappa shape index (κ1) is 23.5. The molecule has 1 saturated heterocycles. The maximum atomic E-state index is 14.0. The van der Waals surface area contributed by atoms with Crippen LogP contribution in [0.3, 0.4) is 0 Å². The zero-order chi connectivity index (χ0) is 25.2. The number of benzene rings is 2. The summed E-state index contributed by atoms with van der Waals surface area (Å²) >= 11 is 0. The molecule has 2 aromatic heterocycles. The average Bonchev–Trinajstić information content (AvgIpc) is 3.24. The number of aromatic nitrogens is 4. The molecule has 0 amide bonds. The van der Waals surface area contributed by atoms with E-state index in [0.29, 0.717) is 53.8 Å². The van der Waals surface area contributed by atoms with E-state index in [4.69, 9.17) is 25.2 Å². The van der Waals surface area contributed by atoms with Crippen LogP contribution in [0.4, 0.5) is 16.2 Å². The highest BCUT2D eigenvalue weighted by Crippen LogP contribution is 2.38. The fourth-order valence-corrected chi connectivity index (χ4v) is 4.59. The molecule has 10 heteroatoms. The highest BCUT2D eigenvalue weighted by molar-refractivity contribution is 6.00. The maximum absolute atomic E-state index is 14.0. The Morgan fingerprint density at radius 3 is 2.81 bits per heavy atom. The molecule has 0 radical (unpaired) electrons. The van der Waals surface area contributed by atoms with Gasteiger partial charge in [-0.15, -0.1) is 5.10 Å². The highest BCUT2D eigenvalue weighted by Gasteiger charge is 2.30. The first-order valence-corrected chi connectivity index (χ1v) is 11.9. The number of nitrogen functional groups attached to an aromatic ring is 1. The third kappa shape index (κ3) is 4.30. The molecule has 1 fully saturated rings. The Kier molecular flexibility index (Phi) is 6.41. The third-order valence-electron chi connectivity index (χ3n) is 6.30. The van der Waals surface area contributed by atoms with Crippen molar-refractivity contribution in [1.82, 2.24) is 19.7 Å². The van der Waals surface area contributed by atoms with Crippen molar-refractivity contribution in [3.8, 4) is 22.7 Å². The number of nitrogens with two attached hydrogens (primary N) is 1. The Bertz CT molecular complexity index is 1420. The lowest BCUT2D eigenvalue weighted by Gasteiger charge is -2.31. The molecule has 186 valence electrons. The van der Waals surface area contributed by atoms with Gasteiger partial charge in [-0.25, -0.2) is 14.1 Å². The number of para-hydroxylation sites is 1. The number of rotatable bonds is 6. The number of ether oxygens (including phenoxy) is 2. The van der Waals surface area contributed by atoms with Crippen LogP contribution in [0.5, 0.6) is 5.75 Å². The van der Waals surface area contributed by atoms with Gasteiger partial charge < -0.3 is 20.1 Å². The number of esters is 1. The maximum Gasteiger partial charge on any atom is 0.310 e. The van der Waals surface area contributed by atoms with Gasteiger partial charge in [-0.3, -0.25) is 4.79 Å². The number of nitrogens with zero attached hydrogens (tertiary/aromatic N) is 5. The van der Waals surface area contributed by atoms with Crippen molar-refractivity contribution < 1.29 is 18.7 Å². The fraction of sp³-hybridized carbons (Fsp3) is 0.308. The molecule has 1 aliphatic rings. The zero-order valence-corrected chi connectivity index (χ0v) is 20.1. The summed E-state index contributed by atoms with van der Waals surface area (Å²) in [6.45, 7) is 3.27. The van der Waals surface area contributed by atoms with E-state index in [1.54, 1.807) is 26.2 Å². The summed E-state index contributed by atoms with van der Waals surface area (Å²) in [5, 5.41) is 5.15. The monoisotopic (exact) mass is 490 g/mol. The van der Waals surface area contributed by atoms with E-state index in [0.717, 1.165) is 18.4 Å². The Morgan fingerprint density at radius 2 is 2.03 bits per heavy atom. The molecule has 2 N–H and O–H groups in total. The number of hydrogen-bond donors (Lipinski definition) is 1. The van der Waals surface area contributed by atoms with Gasteiger partial charge in [0.15, 0.2) is 5.65 Å². The molecular weight excluding hydrogens is 463 g/mol. The van der Waals surface area contributed by atoms with Crippen LogP contribution in [0.25, 0.3) is 28.0 Å². The van der Waals surface area contributed by atoms with E-state index >= 15 is 0 Å². The molecule has 2 aromatic carbocycles. The normalized spacial score (nSPS) is 15.8. The Hall–Kier alpha value is -4.21. The van der Waals surface area contributed by atoms with Gasteiger partial charge in [0.1, 0.15) is 17.4 Å². The van der Waals surface area contributed by atoms with Gasteiger partial charge in [0.2, 0.25) is 5.95 Å². The van der Waals surface area contributed by atoms with Gasteiger partial charge in [0, 0.05) is 18.7 Å². The van der Waals surface area contributed by atoms with Crippen LogP contribution in [0.15, 0.2) is 48.5 Å². The predicted octanol–water partition coefficient (Wildman–Crippen LogP) is 3.99. The largest absolute Gasteiger partial charge is 0.496 e. The van der Waals surface area contributed by atoms with Crippen LogP contribution < -0.4 is 15.4 Å². The van der Waals surface area contributed by atoms with E-state index in [9.17, 15) is 9.18 Å². The fourth-order valence-electron chi connectivity index (χ4n) is 4.59. The summed E-state index contributed by atoms with van der Waals surface area (Å²) in [4.78, 5) is 24.0. The van der Waals surface area contributed by atoms with E-state index in [2.05, 4.69) is 5.10 Å². The molecule has 36 heavy (non-hydrogen) atoms. The van der Waals surface area contributed by atoms with Crippen molar-refractivity contribution in [3.63, 3.8) is 0 Å². The second-order valence-corrected chi connectivity index (χ2v) is 8.59. The number of carbonyl (C=O) groups is 1. The van der Waals surface area contributed by atoms with Crippen LogP contribution in [-0.4, -0.2) is 52.5 Å². The van der Waals surface area contributed by atoms with Crippen LogP contribution in [0, 0.1) is 11.7 Å². The molecule has 5 rings (SSSR count). The summed E-state index contributed by atoms with van der Waals surface area (Å²) < 4.78 is 26.3. The van der Waals surface area contributed by atoms with Crippen molar-refractivity contribution in [1.29, 1.82) is 0 Å². The van der Waals surface area contributed by atoms with Crippen molar-refractivity contribution in [3.05, 3.63) is 54.3 Å². The Morgan fingerprint density at radius 1 is 1.19 bits per heavy atom. The molecule has 0 saturated carbocycles. The topological polar surface area (TPSA) is 108 Å². The average molecular weight is 491 g/mol. The number of fused-ring (bicyclic) bond motifs is 1. The first-order valence-electron chi connectivity index (χ1n) is 11.9. The van der Waals surface area contributed by atoms with Crippen molar-refractivity contribution in [2.45, 2.75) is 19.8 Å². The van der Waals surface area contributed by atoms with Crippen LogP contribution in [-0.2, 0) is 9.53 Å². The van der Waals surface area contributed by atoms with E-state index in [1.165, 1.54) is 16.8 Å². The third-order valence-corrected chi connectivity index (χ3v) is 6.30. The lowest BCUT2D eigenvalue weighted by molar-refractivity contribution is -0.148. The minimum atomic E-state index is -0.401. The van der Waals surface area contributed by atoms with Crippen molar-refractivity contribution >= 4 is 28.8 Å². The molecule has 4 aromatic rings. The van der Waals surface area contributed by atoms with Gasteiger partial charge in [0.05, 0.1) is 36.4 Å². The van der Waals surface area contributed by atoms with Gasteiger partial charge in [0.25, 0.3) is 0 Å². The minimum Gasteiger partial charge on any atom is -0.496 e. The number of carbonyl (C=O) groups excluding carboxylic acids is 1. The molecule has 9 nitrogen and oxygen atoms in total.